The predicted molar refractivity (Wildman–Crippen MR) is 97.5 cm³/mol. The molecule has 1 aromatic carbocycles. The van der Waals surface area contributed by atoms with Gasteiger partial charge in [-0.15, -0.1) is 0 Å². The van der Waals surface area contributed by atoms with Crippen molar-refractivity contribution < 1.29 is 14.3 Å². The third-order valence-corrected chi connectivity index (χ3v) is 3.78. The van der Waals surface area contributed by atoms with Crippen molar-refractivity contribution in [3.8, 4) is 0 Å². The number of benzene rings is 1. The smallest absolute Gasteiger partial charge is 0.408 e. The van der Waals surface area contributed by atoms with Crippen molar-refractivity contribution in [1.82, 2.24) is 5.32 Å². The SMILES string of the molecule is CCC(C)c1ccccc1NC[C@H](NC(=O)OC(C)(C)C)C(C)=O. The molecule has 0 bridgehead atoms. The van der Waals surface area contributed by atoms with Gasteiger partial charge in [0.05, 0.1) is 0 Å². The van der Waals surface area contributed by atoms with E-state index in [-0.39, 0.29) is 5.78 Å². The van der Waals surface area contributed by atoms with E-state index < -0.39 is 17.7 Å². The minimum absolute atomic E-state index is 0.116. The van der Waals surface area contributed by atoms with Gasteiger partial charge < -0.3 is 15.4 Å². The monoisotopic (exact) mass is 334 g/mol. The zero-order valence-electron chi connectivity index (χ0n) is 15.6. The van der Waals surface area contributed by atoms with Gasteiger partial charge >= 0.3 is 6.09 Å². The van der Waals surface area contributed by atoms with Gasteiger partial charge in [0.2, 0.25) is 0 Å². The number of hydrogen-bond donors (Lipinski definition) is 2. The lowest BCUT2D eigenvalue weighted by molar-refractivity contribution is -0.118. The molecule has 0 saturated carbocycles. The van der Waals surface area contributed by atoms with Gasteiger partial charge in [-0.05, 0) is 51.7 Å². The molecule has 2 N–H and O–H groups in total. The van der Waals surface area contributed by atoms with E-state index in [2.05, 4.69) is 30.5 Å². The number of Topliss-reactive ketones (excluding diaryl/α,β-unsaturated/α-hetero) is 1. The number of anilines is 1. The summed E-state index contributed by atoms with van der Waals surface area (Å²) in [7, 11) is 0. The molecule has 0 aliphatic heterocycles. The van der Waals surface area contributed by atoms with Crippen LogP contribution in [0.1, 0.15) is 59.4 Å². The molecule has 0 aliphatic rings. The minimum Gasteiger partial charge on any atom is -0.444 e. The normalized spacial score (nSPS) is 13.8. The number of ether oxygens (including phenoxy) is 1. The highest BCUT2D eigenvalue weighted by Gasteiger charge is 2.22. The van der Waals surface area contributed by atoms with E-state index in [1.54, 1.807) is 20.8 Å². The Morgan fingerprint density at radius 1 is 1.21 bits per heavy atom. The maximum atomic E-state index is 11.9. The van der Waals surface area contributed by atoms with Crippen molar-refractivity contribution in [2.45, 2.75) is 65.5 Å². The second-order valence-electron chi connectivity index (χ2n) is 7.09. The maximum Gasteiger partial charge on any atom is 0.408 e. The fourth-order valence-electron chi connectivity index (χ4n) is 2.27. The highest BCUT2D eigenvalue weighted by atomic mass is 16.6. The van der Waals surface area contributed by atoms with Crippen LogP contribution in [0.3, 0.4) is 0 Å². The fourth-order valence-corrected chi connectivity index (χ4v) is 2.27. The third kappa shape index (κ3) is 6.60. The summed E-state index contributed by atoms with van der Waals surface area (Å²) < 4.78 is 5.22. The highest BCUT2D eigenvalue weighted by Crippen LogP contribution is 2.26. The second-order valence-corrected chi connectivity index (χ2v) is 7.09. The van der Waals surface area contributed by atoms with Gasteiger partial charge in [-0.1, -0.05) is 32.0 Å². The summed E-state index contributed by atoms with van der Waals surface area (Å²) in [4.78, 5) is 23.7. The van der Waals surface area contributed by atoms with Gasteiger partial charge in [0.1, 0.15) is 11.6 Å². The Hall–Kier alpha value is -2.04. The zero-order valence-corrected chi connectivity index (χ0v) is 15.6. The molecule has 5 nitrogen and oxygen atoms in total. The van der Waals surface area contributed by atoms with Crippen LogP contribution < -0.4 is 10.6 Å². The van der Waals surface area contributed by atoms with Crippen LogP contribution in [0.2, 0.25) is 0 Å². The standard InChI is InChI=1S/C19H30N2O3/c1-7-13(2)15-10-8-9-11-16(15)20-12-17(14(3)22)21-18(23)24-19(4,5)6/h8-11,13,17,20H,7,12H2,1-6H3,(H,21,23)/t13?,17-/m0/s1. The van der Waals surface area contributed by atoms with Crippen molar-refractivity contribution in [2.24, 2.45) is 0 Å². The molecular formula is C19H30N2O3. The number of rotatable bonds is 7. The molecule has 1 aromatic rings. The van der Waals surface area contributed by atoms with Crippen LogP contribution in [0.25, 0.3) is 0 Å². The number of amides is 1. The van der Waals surface area contributed by atoms with E-state index in [9.17, 15) is 9.59 Å². The van der Waals surface area contributed by atoms with Gasteiger partial charge in [-0.2, -0.15) is 0 Å². The topological polar surface area (TPSA) is 67.4 Å². The summed E-state index contributed by atoms with van der Waals surface area (Å²) in [6.07, 6.45) is 0.449. The fraction of sp³-hybridized carbons (Fsp3) is 0.579. The van der Waals surface area contributed by atoms with Crippen LogP contribution in [0.5, 0.6) is 0 Å². The minimum atomic E-state index is -0.634. The molecule has 24 heavy (non-hydrogen) atoms. The average molecular weight is 334 g/mol. The molecular weight excluding hydrogens is 304 g/mol. The first-order valence-corrected chi connectivity index (χ1v) is 8.46. The number of ketones is 1. The van der Waals surface area contributed by atoms with Crippen molar-refractivity contribution in [3.63, 3.8) is 0 Å². The summed E-state index contributed by atoms with van der Waals surface area (Å²) in [5.74, 6) is 0.303. The Morgan fingerprint density at radius 3 is 2.38 bits per heavy atom. The Bertz CT molecular complexity index is 564. The number of hydrogen-bond acceptors (Lipinski definition) is 4. The average Bonchev–Trinajstić information content (AvgIpc) is 2.48. The molecule has 0 fully saturated rings. The van der Waals surface area contributed by atoms with Gasteiger partial charge in [-0.3, -0.25) is 4.79 Å². The molecule has 2 atom stereocenters. The molecule has 1 rings (SSSR count). The van der Waals surface area contributed by atoms with Crippen molar-refractivity contribution in [1.29, 1.82) is 0 Å². The molecule has 1 amide bonds. The molecule has 0 aliphatic carbocycles. The predicted octanol–water partition coefficient (Wildman–Crippen LogP) is 4.09. The summed E-state index contributed by atoms with van der Waals surface area (Å²) in [6, 6.07) is 7.41. The van der Waals surface area contributed by atoms with E-state index in [0.717, 1.165) is 12.1 Å². The van der Waals surface area contributed by atoms with Crippen LogP contribution >= 0.6 is 0 Å². The molecule has 0 spiro atoms. The summed E-state index contributed by atoms with van der Waals surface area (Å²) in [6.45, 7) is 11.5. The Morgan fingerprint density at radius 2 is 1.83 bits per heavy atom. The van der Waals surface area contributed by atoms with Crippen LogP contribution in [0.15, 0.2) is 24.3 Å². The van der Waals surface area contributed by atoms with Crippen molar-refractivity contribution >= 4 is 17.6 Å². The summed E-state index contributed by atoms with van der Waals surface area (Å²) >= 11 is 0. The first kappa shape index (κ1) is 20.0. The first-order valence-electron chi connectivity index (χ1n) is 8.46. The van der Waals surface area contributed by atoms with Gasteiger partial charge in [-0.25, -0.2) is 4.79 Å². The zero-order chi connectivity index (χ0) is 18.3. The quantitative estimate of drug-likeness (QED) is 0.788. The number of nitrogens with one attached hydrogen (secondary N) is 2. The molecule has 1 unspecified atom stereocenters. The van der Waals surface area contributed by atoms with E-state index >= 15 is 0 Å². The van der Waals surface area contributed by atoms with Gasteiger partial charge in [0, 0.05) is 12.2 Å². The second kappa shape index (κ2) is 8.71. The Balaban J connectivity index is 2.75. The molecule has 134 valence electrons. The molecule has 5 heteroatoms. The maximum absolute atomic E-state index is 11.9. The number of carbonyl (C=O) groups is 2. The molecule has 0 radical (unpaired) electrons. The van der Waals surface area contributed by atoms with E-state index in [0.29, 0.717) is 12.5 Å². The van der Waals surface area contributed by atoms with Crippen LogP contribution in [-0.4, -0.2) is 30.1 Å². The molecule has 0 heterocycles. The van der Waals surface area contributed by atoms with E-state index in [1.807, 2.05) is 18.2 Å². The van der Waals surface area contributed by atoms with E-state index in [4.69, 9.17) is 4.74 Å². The van der Waals surface area contributed by atoms with E-state index in [1.165, 1.54) is 12.5 Å². The van der Waals surface area contributed by atoms with Crippen LogP contribution in [0, 0.1) is 0 Å². The summed E-state index contributed by atoms with van der Waals surface area (Å²) in [5.41, 5.74) is 1.60. The number of alkyl carbamates (subject to hydrolysis) is 1. The summed E-state index contributed by atoms with van der Waals surface area (Å²) in [5, 5.41) is 5.92. The van der Waals surface area contributed by atoms with Crippen LogP contribution in [0.4, 0.5) is 10.5 Å². The number of para-hydroxylation sites is 1. The molecule has 0 saturated heterocycles. The Kier molecular flexibility index (Phi) is 7.26. The Labute approximate surface area is 145 Å². The van der Waals surface area contributed by atoms with Gasteiger partial charge in [0.15, 0.2) is 5.78 Å². The lowest BCUT2D eigenvalue weighted by Gasteiger charge is -2.23. The van der Waals surface area contributed by atoms with Crippen molar-refractivity contribution in [2.75, 3.05) is 11.9 Å². The lowest BCUT2D eigenvalue weighted by Crippen LogP contribution is -2.46. The first-order chi connectivity index (χ1) is 11.1. The molecule has 0 aromatic heterocycles. The number of carbonyl (C=O) groups excluding carboxylic acids is 2. The van der Waals surface area contributed by atoms with Crippen LogP contribution in [-0.2, 0) is 9.53 Å². The third-order valence-electron chi connectivity index (χ3n) is 3.78. The van der Waals surface area contributed by atoms with Gasteiger partial charge in [0.25, 0.3) is 0 Å². The largest absolute Gasteiger partial charge is 0.444 e. The lowest BCUT2D eigenvalue weighted by atomic mass is 9.97. The van der Waals surface area contributed by atoms with Crippen molar-refractivity contribution in [3.05, 3.63) is 29.8 Å². The highest BCUT2D eigenvalue weighted by molar-refractivity contribution is 5.86.